The fourth-order valence-corrected chi connectivity index (χ4v) is 1.29. The molecule has 0 aromatic heterocycles. The first kappa shape index (κ1) is 13.8. The van der Waals surface area contributed by atoms with Crippen LogP contribution in [0, 0.1) is 0 Å². The van der Waals surface area contributed by atoms with Crippen LogP contribution >= 0.6 is 0 Å². The van der Waals surface area contributed by atoms with Crippen LogP contribution in [0.4, 0.5) is 13.2 Å². The molecule has 0 aliphatic heterocycles. The summed E-state index contributed by atoms with van der Waals surface area (Å²) < 4.78 is 35.4. The smallest absolute Gasteiger partial charge is 0.413 e. The van der Waals surface area contributed by atoms with Gasteiger partial charge in [-0.1, -0.05) is 12.1 Å². The minimum Gasteiger partial charge on any atom is -0.508 e. The SMILES string of the molecule is CC(Cc1ccc(O)cc1)NOCC(F)(F)F. The second-order valence-corrected chi connectivity index (χ2v) is 3.79. The minimum atomic E-state index is -4.33. The largest absolute Gasteiger partial charge is 0.508 e. The van der Waals surface area contributed by atoms with E-state index in [1.165, 1.54) is 12.1 Å². The fourth-order valence-electron chi connectivity index (χ4n) is 1.29. The van der Waals surface area contributed by atoms with Crippen LogP contribution in [0.3, 0.4) is 0 Å². The van der Waals surface area contributed by atoms with Crippen molar-refractivity contribution in [2.24, 2.45) is 0 Å². The molecular formula is C11H14F3NO2. The number of hydroxylamine groups is 1. The highest BCUT2D eigenvalue weighted by Crippen LogP contribution is 2.14. The van der Waals surface area contributed by atoms with E-state index in [1.807, 2.05) is 0 Å². The van der Waals surface area contributed by atoms with E-state index in [0.717, 1.165) is 5.56 Å². The Labute approximate surface area is 97.2 Å². The minimum absolute atomic E-state index is 0.155. The topological polar surface area (TPSA) is 41.5 Å². The van der Waals surface area contributed by atoms with Crippen molar-refractivity contribution in [1.29, 1.82) is 0 Å². The van der Waals surface area contributed by atoms with E-state index in [2.05, 4.69) is 10.3 Å². The predicted octanol–water partition coefficient (Wildman–Crippen LogP) is 2.41. The molecule has 1 rings (SSSR count). The van der Waals surface area contributed by atoms with Crippen LogP contribution in [0.1, 0.15) is 12.5 Å². The highest BCUT2D eigenvalue weighted by atomic mass is 19.4. The lowest BCUT2D eigenvalue weighted by Gasteiger charge is -2.14. The molecule has 0 fully saturated rings. The summed E-state index contributed by atoms with van der Waals surface area (Å²) in [5, 5.41) is 9.06. The van der Waals surface area contributed by atoms with E-state index >= 15 is 0 Å². The van der Waals surface area contributed by atoms with Gasteiger partial charge in [0.1, 0.15) is 5.75 Å². The second kappa shape index (κ2) is 5.88. The Kier molecular flexibility index (Phi) is 4.77. The Morgan fingerprint density at radius 3 is 2.41 bits per heavy atom. The van der Waals surface area contributed by atoms with Gasteiger partial charge in [0, 0.05) is 6.04 Å². The van der Waals surface area contributed by atoms with Crippen molar-refractivity contribution in [2.45, 2.75) is 25.6 Å². The lowest BCUT2D eigenvalue weighted by molar-refractivity contribution is -0.192. The van der Waals surface area contributed by atoms with Gasteiger partial charge in [0.2, 0.25) is 0 Å². The van der Waals surface area contributed by atoms with Crippen molar-refractivity contribution in [3.8, 4) is 5.75 Å². The van der Waals surface area contributed by atoms with Crippen molar-refractivity contribution in [2.75, 3.05) is 6.61 Å². The molecule has 3 nitrogen and oxygen atoms in total. The number of rotatable bonds is 5. The molecule has 0 spiro atoms. The molecule has 0 amide bonds. The molecule has 17 heavy (non-hydrogen) atoms. The first-order chi connectivity index (χ1) is 7.87. The Morgan fingerprint density at radius 2 is 1.88 bits per heavy atom. The maximum absolute atomic E-state index is 11.8. The molecule has 1 aromatic carbocycles. The lowest BCUT2D eigenvalue weighted by atomic mass is 10.1. The summed E-state index contributed by atoms with van der Waals surface area (Å²) in [6.07, 6.45) is -3.82. The first-order valence-electron chi connectivity index (χ1n) is 5.09. The molecule has 1 atom stereocenters. The van der Waals surface area contributed by atoms with Crippen molar-refractivity contribution in [1.82, 2.24) is 5.48 Å². The highest BCUT2D eigenvalue weighted by molar-refractivity contribution is 5.26. The van der Waals surface area contributed by atoms with Crippen molar-refractivity contribution in [3.63, 3.8) is 0 Å². The summed E-state index contributed by atoms with van der Waals surface area (Å²) in [7, 11) is 0. The zero-order valence-corrected chi connectivity index (χ0v) is 9.29. The summed E-state index contributed by atoms with van der Waals surface area (Å²) in [4.78, 5) is 4.33. The molecule has 0 aliphatic rings. The summed E-state index contributed by atoms with van der Waals surface area (Å²) in [6.45, 7) is 0.399. The number of phenols is 1. The monoisotopic (exact) mass is 249 g/mol. The Hall–Kier alpha value is -1.27. The molecule has 1 unspecified atom stereocenters. The van der Waals surface area contributed by atoms with Crippen LogP contribution in [0.5, 0.6) is 5.75 Å². The van der Waals surface area contributed by atoms with Crippen LogP contribution in [0.15, 0.2) is 24.3 Å². The van der Waals surface area contributed by atoms with E-state index in [4.69, 9.17) is 5.11 Å². The number of nitrogens with one attached hydrogen (secondary N) is 1. The molecular weight excluding hydrogens is 235 g/mol. The Morgan fingerprint density at radius 1 is 1.29 bits per heavy atom. The molecule has 96 valence electrons. The van der Waals surface area contributed by atoms with Crippen LogP contribution in [0.2, 0.25) is 0 Å². The van der Waals surface area contributed by atoms with Gasteiger partial charge in [0.05, 0.1) is 0 Å². The molecule has 0 saturated heterocycles. The molecule has 2 N–H and O–H groups in total. The number of alkyl halides is 3. The average molecular weight is 249 g/mol. The van der Waals surface area contributed by atoms with E-state index in [9.17, 15) is 13.2 Å². The van der Waals surface area contributed by atoms with Gasteiger partial charge in [0.15, 0.2) is 6.61 Å². The van der Waals surface area contributed by atoms with E-state index in [0.29, 0.717) is 6.42 Å². The van der Waals surface area contributed by atoms with Crippen molar-refractivity contribution in [3.05, 3.63) is 29.8 Å². The maximum Gasteiger partial charge on any atom is 0.413 e. The van der Waals surface area contributed by atoms with E-state index in [1.54, 1.807) is 19.1 Å². The van der Waals surface area contributed by atoms with Crippen LogP contribution in [0.25, 0.3) is 0 Å². The van der Waals surface area contributed by atoms with Gasteiger partial charge in [-0.05, 0) is 31.0 Å². The summed E-state index contributed by atoms with van der Waals surface area (Å²) in [5.74, 6) is 0.155. The number of hydrogen-bond donors (Lipinski definition) is 2. The normalized spacial score (nSPS) is 13.6. The number of hydrogen-bond acceptors (Lipinski definition) is 3. The van der Waals surface area contributed by atoms with Gasteiger partial charge in [0.25, 0.3) is 0 Å². The highest BCUT2D eigenvalue weighted by Gasteiger charge is 2.27. The summed E-state index contributed by atoms with van der Waals surface area (Å²) >= 11 is 0. The molecule has 0 heterocycles. The van der Waals surface area contributed by atoms with E-state index < -0.39 is 12.8 Å². The van der Waals surface area contributed by atoms with E-state index in [-0.39, 0.29) is 11.8 Å². The standard InChI is InChI=1S/C11H14F3NO2/c1-8(15-17-7-11(12,13)14)6-9-2-4-10(16)5-3-9/h2-5,8,15-16H,6-7H2,1H3. The zero-order valence-electron chi connectivity index (χ0n) is 9.29. The van der Waals surface area contributed by atoms with Gasteiger partial charge < -0.3 is 5.11 Å². The molecule has 6 heteroatoms. The van der Waals surface area contributed by atoms with Gasteiger partial charge in [-0.3, -0.25) is 4.84 Å². The van der Waals surface area contributed by atoms with Crippen LogP contribution in [-0.2, 0) is 11.3 Å². The van der Waals surface area contributed by atoms with Crippen molar-refractivity contribution >= 4 is 0 Å². The maximum atomic E-state index is 11.8. The quantitative estimate of drug-likeness (QED) is 0.787. The fraction of sp³-hybridized carbons (Fsp3) is 0.455. The first-order valence-corrected chi connectivity index (χ1v) is 5.09. The summed E-state index contributed by atoms with van der Waals surface area (Å²) in [6, 6.07) is 6.22. The van der Waals surface area contributed by atoms with Gasteiger partial charge in [-0.2, -0.15) is 18.7 Å². The van der Waals surface area contributed by atoms with Crippen molar-refractivity contribution < 1.29 is 23.1 Å². The zero-order chi connectivity index (χ0) is 12.9. The van der Waals surface area contributed by atoms with Crippen LogP contribution in [-0.4, -0.2) is 23.9 Å². The Balaban J connectivity index is 2.30. The van der Waals surface area contributed by atoms with Gasteiger partial charge in [-0.25, -0.2) is 0 Å². The average Bonchev–Trinajstić information content (AvgIpc) is 2.19. The van der Waals surface area contributed by atoms with Gasteiger partial charge in [-0.15, -0.1) is 0 Å². The Bertz CT molecular complexity index is 338. The molecule has 0 saturated carbocycles. The number of halogens is 3. The molecule has 1 aromatic rings. The second-order valence-electron chi connectivity index (χ2n) is 3.79. The number of phenolic OH excluding ortho intramolecular Hbond substituents is 1. The number of aromatic hydroxyl groups is 1. The lowest BCUT2D eigenvalue weighted by Crippen LogP contribution is -2.32. The molecule has 0 bridgehead atoms. The third kappa shape index (κ3) is 6.13. The molecule has 0 radical (unpaired) electrons. The third-order valence-corrected chi connectivity index (χ3v) is 2.00. The van der Waals surface area contributed by atoms with Gasteiger partial charge >= 0.3 is 6.18 Å². The molecule has 0 aliphatic carbocycles. The number of benzene rings is 1. The van der Waals surface area contributed by atoms with Crippen LogP contribution < -0.4 is 5.48 Å². The third-order valence-electron chi connectivity index (χ3n) is 2.00. The summed E-state index contributed by atoms with van der Waals surface area (Å²) in [5.41, 5.74) is 3.22. The predicted molar refractivity (Wildman–Crippen MR) is 56.4 cm³/mol.